The van der Waals surface area contributed by atoms with Gasteiger partial charge in [0.25, 0.3) is 0 Å². The van der Waals surface area contributed by atoms with E-state index in [1.807, 2.05) is 24.3 Å². The molecule has 11 heteroatoms. The Hall–Kier alpha value is -3.32. The summed E-state index contributed by atoms with van der Waals surface area (Å²) < 4.78 is 38.4. The van der Waals surface area contributed by atoms with Gasteiger partial charge in [-0.25, -0.2) is 0 Å². The zero-order chi connectivity index (χ0) is 38.6. The molecule has 4 aliphatic heterocycles. The van der Waals surface area contributed by atoms with Gasteiger partial charge in [-0.3, -0.25) is 9.59 Å². The highest BCUT2D eigenvalue weighted by atomic mass is 16.7. The van der Waals surface area contributed by atoms with E-state index in [2.05, 4.69) is 39.1 Å². The first-order valence-electron chi connectivity index (χ1n) is 19.7. The number of aliphatic hydroxyl groups is 2. The Morgan fingerprint density at radius 1 is 1.07 bits per heavy atom. The van der Waals surface area contributed by atoms with Crippen molar-refractivity contribution < 1.29 is 48.2 Å². The summed E-state index contributed by atoms with van der Waals surface area (Å²) in [5, 5.41) is 26.2. The first-order chi connectivity index (χ1) is 25.8. The molecule has 3 N–H and O–H groups in total. The average Bonchev–Trinajstić information content (AvgIpc) is 3.47. The summed E-state index contributed by atoms with van der Waals surface area (Å²) in [5.41, 5.74) is 1.07. The molecule has 11 atom stereocenters. The first kappa shape index (κ1) is 40.3. The second-order valence-corrected chi connectivity index (χ2v) is 15.9. The summed E-state index contributed by atoms with van der Waals surface area (Å²) >= 11 is 0. The van der Waals surface area contributed by atoms with Crippen LogP contribution < -0.4 is 10.1 Å². The van der Waals surface area contributed by atoms with Gasteiger partial charge in [0.15, 0.2) is 5.79 Å². The minimum absolute atomic E-state index is 0.0386. The number of hydrogen-bond donors (Lipinski definition) is 3. The average molecular weight is 750 g/mol. The number of rotatable bonds is 8. The van der Waals surface area contributed by atoms with Gasteiger partial charge in [0.05, 0.1) is 38.1 Å². The quantitative estimate of drug-likeness (QED) is 0.157. The van der Waals surface area contributed by atoms with E-state index in [0.29, 0.717) is 73.8 Å². The molecule has 3 saturated heterocycles. The van der Waals surface area contributed by atoms with Crippen molar-refractivity contribution in [1.29, 1.82) is 0 Å². The molecule has 1 aromatic rings. The summed E-state index contributed by atoms with van der Waals surface area (Å²) in [6, 6.07) is 7.27. The highest BCUT2D eigenvalue weighted by molar-refractivity contribution is 5.88. The van der Waals surface area contributed by atoms with E-state index in [4.69, 9.17) is 28.4 Å². The lowest BCUT2D eigenvalue weighted by molar-refractivity contribution is -0.335. The Kier molecular flexibility index (Phi) is 12.9. The number of esters is 1. The van der Waals surface area contributed by atoms with Crippen molar-refractivity contribution in [2.45, 2.75) is 135 Å². The van der Waals surface area contributed by atoms with Gasteiger partial charge >= 0.3 is 5.97 Å². The SMILES string of the molecule is CC[C@H]1O[C@]2(CC[C@@H]1C)C[C@@H]1C[C@@H](C/C=C(\C)[C@H](OCCCOc3ccc(NC(C)=O)cc3)[C@@H](C)/C=C/C=C3\CO[C@H]4[C@H](O)C(C)=C[C@@H](C(=O)O1)[C@]34O)O2. The van der Waals surface area contributed by atoms with E-state index < -0.39 is 41.6 Å². The van der Waals surface area contributed by atoms with Crippen LogP contribution in [0.15, 0.2) is 71.4 Å². The summed E-state index contributed by atoms with van der Waals surface area (Å²) in [5.74, 6) is -1.54. The van der Waals surface area contributed by atoms with Gasteiger partial charge in [-0.05, 0) is 80.0 Å². The van der Waals surface area contributed by atoms with Gasteiger partial charge in [0, 0.05) is 44.2 Å². The normalized spacial score (nSPS) is 39.6. The van der Waals surface area contributed by atoms with Gasteiger partial charge < -0.3 is 44.0 Å². The molecular formula is C43H59NO10. The molecule has 6 rings (SSSR count). The molecule has 0 radical (unpaired) electrons. The van der Waals surface area contributed by atoms with E-state index >= 15 is 0 Å². The van der Waals surface area contributed by atoms with Crippen LogP contribution in [-0.4, -0.2) is 89.9 Å². The maximum Gasteiger partial charge on any atom is 0.316 e. The highest BCUT2D eigenvalue weighted by Crippen LogP contribution is 2.47. The zero-order valence-electron chi connectivity index (χ0n) is 32.6. The molecule has 0 saturated carbocycles. The van der Waals surface area contributed by atoms with Crippen LogP contribution in [0.1, 0.15) is 86.5 Å². The largest absolute Gasteiger partial charge is 0.494 e. The van der Waals surface area contributed by atoms with E-state index in [1.54, 1.807) is 31.2 Å². The van der Waals surface area contributed by atoms with Crippen molar-refractivity contribution in [2.75, 3.05) is 25.1 Å². The Balaban J connectivity index is 1.24. The van der Waals surface area contributed by atoms with Crippen molar-refractivity contribution in [3.05, 3.63) is 71.4 Å². The molecule has 1 aliphatic carbocycles. The Morgan fingerprint density at radius 3 is 2.59 bits per heavy atom. The van der Waals surface area contributed by atoms with Crippen molar-refractivity contribution in [3.8, 4) is 5.75 Å². The van der Waals surface area contributed by atoms with Gasteiger partial charge in [-0.15, -0.1) is 0 Å². The number of carbonyl (C=O) groups excluding carboxylic acids is 2. The molecule has 296 valence electrons. The number of aliphatic hydroxyl groups excluding tert-OH is 1. The maximum absolute atomic E-state index is 14.1. The van der Waals surface area contributed by atoms with Crippen LogP contribution in [0.4, 0.5) is 5.69 Å². The summed E-state index contributed by atoms with van der Waals surface area (Å²) in [6.45, 7) is 12.7. The van der Waals surface area contributed by atoms with E-state index in [9.17, 15) is 19.8 Å². The molecule has 4 heterocycles. The minimum atomic E-state index is -1.77. The van der Waals surface area contributed by atoms with Crippen molar-refractivity contribution in [1.82, 2.24) is 0 Å². The van der Waals surface area contributed by atoms with E-state index in [-0.39, 0.29) is 36.7 Å². The highest BCUT2D eigenvalue weighted by Gasteiger charge is 2.60. The molecule has 0 unspecified atom stereocenters. The number of benzene rings is 1. The number of fused-ring (bicyclic) bond motifs is 2. The second-order valence-electron chi connectivity index (χ2n) is 15.9. The predicted molar refractivity (Wildman–Crippen MR) is 204 cm³/mol. The van der Waals surface area contributed by atoms with Gasteiger partial charge in [0.1, 0.15) is 35.6 Å². The monoisotopic (exact) mass is 749 g/mol. The van der Waals surface area contributed by atoms with Crippen LogP contribution in [0.2, 0.25) is 0 Å². The van der Waals surface area contributed by atoms with Crippen LogP contribution in [0.5, 0.6) is 5.75 Å². The molecule has 2 bridgehead atoms. The van der Waals surface area contributed by atoms with Crippen molar-refractivity contribution in [3.63, 3.8) is 0 Å². The van der Waals surface area contributed by atoms with Gasteiger partial charge in [-0.1, -0.05) is 51.2 Å². The number of amides is 1. The van der Waals surface area contributed by atoms with Gasteiger partial charge in [0.2, 0.25) is 5.91 Å². The van der Waals surface area contributed by atoms with Crippen LogP contribution in [0, 0.1) is 17.8 Å². The molecule has 11 nitrogen and oxygen atoms in total. The van der Waals surface area contributed by atoms with Crippen molar-refractivity contribution in [2.24, 2.45) is 17.8 Å². The summed E-state index contributed by atoms with van der Waals surface area (Å²) in [4.78, 5) is 25.5. The van der Waals surface area contributed by atoms with Crippen LogP contribution in [0.25, 0.3) is 0 Å². The number of anilines is 1. The number of hydrogen-bond acceptors (Lipinski definition) is 10. The lowest BCUT2D eigenvalue weighted by Crippen LogP contribution is -2.58. The number of allylic oxidation sites excluding steroid dienone is 2. The van der Waals surface area contributed by atoms with Crippen LogP contribution in [-0.2, 0) is 33.3 Å². The number of ether oxygens (including phenoxy) is 6. The fourth-order valence-corrected chi connectivity index (χ4v) is 8.75. The van der Waals surface area contributed by atoms with Crippen LogP contribution >= 0.6 is 0 Å². The Labute approximate surface area is 319 Å². The second kappa shape index (κ2) is 17.2. The molecule has 1 spiro atoms. The third-order valence-corrected chi connectivity index (χ3v) is 11.8. The molecule has 54 heavy (non-hydrogen) atoms. The van der Waals surface area contributed by atoms with E-state index in [0.717, 1.165) is 18.4 Å². The lowest BCUT2D eigenvalue weighted by Gasteiger charge is -2.50. The van der Waals surface area contributed by atoms with Crippen LogP contribution in [0.3, 0.4) is 0 Å². The first-order valence-corrected chi connectivity index (χ1v) is 19.7. The minimum Gasteiger partial charge on any atom is -0.494 e. The Morgan fingerprint density at radius 2 is 1.85 bits per heavy atom. The van der Waals surface area contributed by atoms with E-state index in [1.165, 1.54) is 6.92 Å². The number of nitrogens with one attached hydrogen (secondary N) is 1. The predicted octanol–water partition coefficient (Wildman–Crippen LogP) is 6.35. The Bertz CT molecular complexity index is 1620. The third-order valence-electron chi connectivity index (χ3n) is 11.8. The molecule has 3 fully saturated rings. The summed E-state index contributed by atoms with van der Waals surface area (Å²) in [6.07, 6.45) is 11.1. The standard InChI is InChI=1S/C43H59NO10/c1-7-37-26(2)18-19-42(54-37)24-35-23-34(53-42)15-12-28(4)39(50-21-9-20-49-33-16-13-32(14-17-33)44-30(6)45)27(3)10-8-11-31-25-51-40-38(46)29(5)22-36(41(47)52-35)43(31,40)48/h8,10-14,16-17,22,26-27,34-40,46,48H,7,9,15,18-21,23-25H2,1-6H3,(H,44,45)/b10-8+,28-12+,31-11+/t26-,27-,34+,35-,36-,37+,38+,39+,40-,42+,43+/m0/s1. The maximum atomic E-state index is 14.1. The fraction of sp³-hybridized carbons (Fsp3) is 0.628. The fourth-order valence-electron chi connectivity index (χ4n) is 8.75. The molecule has 1 amide bonds. The van der Waals surface area contributed by atoms with Crippen molar-refractivity contribution >= 4 is 17.6 Å². The zero-order valence-corrected chi connectivity index (χ0v) is 32.6. The summed E-state index contributed by atoms with van der Waals surface area (Å²) in [7, 11) is 0. The number of carbonyl (C=O) groups is 2. The molecule has 5 aliphatic rings. The third kappa shape index (κ3) is 8.87. The van der Waals surface area contributed by atoms with Gasteiger partial charge in [-0.2, -0.15) is 0 Å². The molecule has 0 aromatic heterocycles. The molecule has 1 aromatic carbocycles. The smallest absolute Gasteiger partial charge is 0.316 e. The lowest BCUT2D eigenvalue weighted by atomic mass is 9.71. The topological polar surface area (TPSA) is 142 Å². The molecular weight excluding hydrogens is 690 g/mol.